The smallest absolute Gasteiger partial charge is 0.317 e. The third-order valence-corrected chi connectivity index (χ3v) is 5.36. The van der Waals surface area contributed by atoms with Gasteiger partial charge >= 0.3 is 17.9 Å². The highest BCUT2D eigenvalue weighted by Crippen LogP contribution is 2.01. The molecule has 0 aromatic rings. The molecule has 0 unspecified atom stereocenters. The number of carbonyl (C=O) groups is 5. The van der Waals surface area contributed by atoms with E-state index in [1.807, 2.05) is 0 Å². The highest BCUT2D eigenvalue weighted by atomic mass is 16.4. The van der Waals surface area contributed by atoms with E-state index in [0.717, 1.165) is 0 Å². The van der Waals surface area contributed by atoms with Crippen molar-refractivity contribution in [3.63, 3.8) is 0 Å². The van der Waals surface area contributed by atoms with Gasteiger partial charge in [-0.3, -0.25) is 43.6 Å². The Morgan fingerprint density at radius 2 is 0.909 bits per heavy atom. The first-order valence-corrected chi connectivity index (χ1v) is 10.8. The molecule has 1 rings (SSSR count). The Morgan fingerprint density at radius 3 is 1.15 bits per heavy atom. The number of amides is 1. The number of carbonyl (C=O) groups excluding carboxylic acids is 2. The second-order valence-corrected chi connectivity index (χ2v) is 8.19. The normalized spacial score (nSPS) is 19.1. The van der Waals surface area contributed by atoms with Crippen molar-refractivity contribution in [1.29, 1.82) is 0 Å². The van der Waals surface area contributed by atoms with E-state index in [1.165, 1.54) is 6.92 Å². The van der Waals surface area contributed by atoms with Crippen LogP contribution in [0.2, 0.25) is 0 Å². The van der Waals surface area contributed by atoms with E-state index in [-0.39, 0.29) is 37.9 Å². The molecule has 0 radical (unpaired) electrons. The number of carboxylic acid groups (broad SMARTS) is 3. The number of Topliss-reactive ketones (excluding diaryl/α,β-unsaturated/α-hetero) is 1. The van der Waals surface area contributed by atoms with Crippen molar-refractivity contribution in [1.82, 2.24) is 24.9 Å². The number of ketones is 1. The Kier molecular flexibility index (Phi) is 12.5. The Bertz CT molecular complexity index is 672. The molecule has 0 spiro atoms. The maximum Gasteiger partial charge on any atom is 0.317 e. The predicted octanol–water partition coefficient (Wildman–Crippen LogP) is -2.44. The maximum atomic E-state index is 12.4. The first-order chi connectivity index (χ1) is 15.5. The van der Waals surface area contributed by atoms with E-state index in [2.05, 4.69) is 5.32 Å². The molecule has 188 valence electrons. The van der Waals surface area contributed by atoms with Crippen LogP contribution in [0, 0.1) is 0 Å². The molecule has 1 saturated heterocycles. The van der Waals surface area contributed by atoms with Crippen LogP contribution in [-0.2, 0) is 24.0 Å². The zero-order valence-corrected chi connectivity index (χ0v) is 19.2. The van der Waals surface area contributed by atoms with E-state index in [9.17, 15) is 34.2 Å². The summed E-state index contributed by atoms with van der Waals surface area (Å²) >= 11 is 0. The van der Waals surface area contributed by atoms with Crippen molar-refractivity contribution < 1.29 is 39.3 Å². The number of nitrogens with one attached hydrogen (secondary N) is 1. The number of hydrogen-bond acceptors (Lipinski definition) is 9. The zero-order valence-electron chi connectivity index (χ0n) is 19.2. The topological polar surface area (TPSA) is 171 Å². The summed E-state index contributed by atoms with van der Waals surface area (Å²) in [6.45, 7) is 4.79. The average molecular weight is 474 g/mol. The lowest BCUT2D eigenvalue weighted by Gasteiger charge is -2.33. The van der Waals surface area contributed by atoms with Gasteiger partial charge in [0.1, 0.15) is 0 Å². The molecule has 0 aromatic carbocycles. The maximum absolute atomic E-state index is 12.4. The number of hydrogen-bond donors (Lipinski definition) is 4. The van der Waals surface area contributed by atoms with Crippen LogP contribution < -0.4 is 5.32 Å². The van der Waals surface area contributed by atoms with Crippen molar-refractivity contribution in [3.05, 3.63) is 0 Å². The Morgan fingerprint density at radius 1 is 0.636 bits per heavy atom. The van der Waals surface area contributed by atoms with Crippen LogP contribution in [0.1, 0.15) is 13.8 Å². The van der Waals surface area contributed by atoms with Crippen molar-refractivity contribution in [2.24, 2.45) is 0 Å². The van der Waals surface area contributed by atoms with Crippen molar-refractivity contribution in [2.75, 3.05) is 78.5 Å². The van der Waals surface area contributed by atoms with Gasteiger partial charge in [0.05, 0.1) is 32.2 Å². The molecule has 1 atom stereocenters. The molecule has 33 heavy (non-hydrogen) atoms. The summed E-state index contributed by atoms with van der Waals surface area (Å²) in [6, 6.07) is -0.628. The third kappa shape index (κ3) is 12.9. The number of carboxylic acids is 3. The second-order valence-electron chi connectivity index (χ2n) is 8.19. The molecule has 1 aliphatic rings. The fourth-order valence-corrected chi connectivity index (χ4v) is 3.38. The molecular formula is C20H35N5O8. The summed E-state index contributed by atoms with van der Waals surface area (Å²) in [7, 11) is 0. The van der Waals surface area contributed by atoms with Crippen LogP contribution in [0.5, 0.6) is 0 Å². The SMILES string of the molecule is CC(=O)[C@H](C)NC(=O)CN1CCN(CC(=O)O)CCN(CC(=O)O)CCN(CC(=O)O)CC1. The summed E-state index contributed by atoms with van der Waals surface area (Å²) in [4.78, 5) is 64.3. The van der Waals surface area contributed by atoms with E-state index in [1.54, 1.807) is 26.5 Å². The lowest BCUT2D eigenvalue weighted by molar-refractivity contribution is -0.140. The van der Waals surface area contributed by atoms with E-state index in [4.69, 9.17) is 5.11 Å². The van der Waals surface area contributed by atoms with Gasteiger partial charge in [0, 0.05) is 52.4 Å². The van der Waals surface area contributed by atoms with Crippen molar-refractivity contribution >= 4 is 29.6 Å². The third-order valence-electron chi connectivity index (χ3n) is 5.36. The number of aliphatic carboxylic acids is 3. The minimum Gasteiger partial charge on any atom is -0.480 e. The molecule has 1 aliphatic heterocycles. The van der Waals surface area contributed by atoms with Gasteiger partial charge in [-0.2, -0.15) is 0 Å². The monoisotopic (exact) mass is 473 g/mol. The van der Waals surface area contributed by atoms with Crippen LogP contribution in [0.15, 0.2) is 0 Å². The molecule has 1 amide bonds. The van der Waals surface area contributed by atoms with Crippen LogP contribution in [-0.4, -0.2) is 149 Å². The van der Waals surface area contributed by atoms with Gasteiger partial charge in [0.15, 0.2) is 5.78 Å². The molecule has 0 bridgehead atoms. The van der Waals surface area contributed by atoms with Crippen LogP contribution in [0.4, 0.5) is 0 Å². The Labute approximate surface area is 192 Å². The molecule has 0 saturated carbocycles. The first kappa shape index (κ1) is 28.4. The van der Waals surface area contributed by atoms with Gasteiger partial charge in [-0.15, -0.1) is 0 Å². The summed E-state index contributed by atoms with van der Waals surface area (Å²) in [5.74, 6) is -3.58. The van der Waals surface area contributed by atoms with Gasteiger partial charge < -0.3 is 20.6 Å². The van der Waals surface area contributed by atoms with E-state index >= 15 is 0 Å². The minimum absolute atomic E-state index is 0.0232. The first-order valence-electron chi connectivity index (χ1n) is 10.8. The summed E-state index contributed by atoms with van der Waals surface area (Å²) in [6.07, 6.45) is 0. The molecule has 13 heteroatoms. The largest absolute Gasteiger partial charge is 0.480 e. The van der Waals surface area contributed by atoms with Gasteiger partial charge in [-0.1, -0.05) is 0 Å². The highest BCUT2D eigenvalue weighted by molar-refractivity contribution is 5.87. The van der Waals surface area contributed by atoms with Crippen molar-refractivity contribution in [2.45, 2.75) is 19.9 Å². The van der Waals surface area contributed by atoms with Gasteiger partial charge in [-0.05, 0) is 13.8 Å². The summed E-state index contributed by atoms with van der Waals surface area (Å²) in [5.41, 5.74) is 0. The minimum atomic E-state index is -1.02. The fourth-order valence-electron chi connectivity index (χ4n) is 3.38. The summed E-state index contributed by atoms with van der Waals surface area (Å²) in [5, 5.41) is 30.2. The molecule has 1 fully saturated rings. The molecule has 0 aliphatic carbocycles. The standard InChI is InChI=1S/C20H35N5O8/c1-15(16(2)26)21-17(27)11-22-3-5-23(12-18(28)29)7-9-25(14-20(32)33)10-8-24(6-4-22)13-19(30)31/h15H,3-14H2,1-2H3,(H,21,27)(H,28,29)(H,30,31)(H,32,33)/t15-/m0/s1. The highest BCUT2D eigenvalue weighted by Gasteiger charge is 2.21. The lowest BCUT2D eigenvalue weighted by Crippen LogP contribution is -2.50. The summed E-state index contributed by atoms with van der Waals surface area (Å²) < 4.78 is 0. The molecule has 13 nitrogen and oxygen atoms in total. The molecular weight excluding hydrogens is 438 g/mol. The van der Waals surface area contributed by atoms with E-state index < -0.39 is 23.9 Å². The fraction of sp³-hybridized carbons (Fsp3) is 0.750. The molecule has 4 N–H and O–H groups in total. The quantitative estimate of drug-likeness (QED) is 0.264. The lowest BCUT2D eigenvalue weighted by atomic mass is 10.2. The number of rotatable bonds is 10. The Hall–Kier alpha value is -2.61. The predicted molar refractivity (Wildman–Crippen MR) is 117 cm³/mol. The van der Waals surface area contributed by atoms with Gasteiger partial charge in [-0.25, -0.2) is 0 Å². The zero-order chi connectivity index (χ0) is 25.0. The van der Waals surface area contributed by atoms with Gasteiger partial charge in [0.2, 0.25) is 5.91 Å². The van der Waals surface area contributed by atoms with Crippen LogP contribution >= 0.6 is 0 Å². The van der Waals surface area contributed by atoms with Crippen LogP contribution in [0.25, 0.3) is 0 Å². The van der Waals surface area contributed by atoms with Crippen molar-refractivity contribution in [3.8, 4) is 0 Å². The average Bonchev–Trinajstić information content (AvgIpc) is 2.68. The second kappa shape index (κ2) is 14.5. The Balaban J connectivity index is 2.95. The van der Waals surface area contributed by atoms with Gasteiger partial charge in [0.25, 0.3) is 0 Å². The molecule has 0 aromatic heterocycles. The van der Waals surface area contributed by atoms with Crippen LogP contribution in [0.3, 0.4) is 0 Å². The van der Waals surface area contributed by atoms with E-state index in [0.29, 0.717) is 52.4 Å². The number of nitrogens with zero attached hydrogens (tertiary/aromatic N) is 4. The molecule has 1 heterocycles.